The Morgan fingerprint density at radius 2 is 1.94 bits per heavy atom. The first-order chi connectivity index (χ1) is 8.45. The van der Waals surface area contributed by atoms with Crippen molar-refractivity contribution >= 4 is 21.8 Å². The Morgan fingerprint density at radius 1 is 1.39 bits per heavy atom. The summed E-state index contributed by atoms with van der Waals surface area (Å²) in [4.78, 5) is 11.3. The topological polar surface area (TPSA) is 29.1 Å². The maximum absolute atomic E-state index is 13.4. The highest BCUT2D eigenvalue weighted by atomic mass is 79.9. The third-order valence-corrected chi connectivity index (χ3v) is 3.67. The number of carbonyl (C=O) groups excluding carboxylic acids is 1. The second-order valence-corrected chi connectivity index (χ2v) is 5.30. The van der Waals surface area contributed by atoms with Crippen molar-refractivity contribution in [1.82, 2.24) is 5.32 Å². The zero-order valence-electron chi connectivity index (χ0n) is 10.3. The van der Waals surface area contributed by atoms with Crippen molar-refractivity contribution in [2.75, 3.05) is 0 Å². The summed E-state index contributed by atoms with van der Waals surface area (Å²) in [5, 5.41) is 2.71. The van der Waals surface area contributed by atoms with Crippen LogP contribution >= 0.6 is 15.9 Å². The van der Waals surface area contributed by atoms with Crippen LogP contribution < -0.4 is 5.32 Å². The van der Waals surface area contributed by atoms with Gasteiger partial charge in [0, 0.05) is 11.6 Å². The van der Waals surface area contributed by atoms with Gasteiger partial charge in [0.05, 0.1) is 4.83 Å². The molecular weight excluding hydrogens is 304 g/mol. The molecule has 18 heavy (non-hydrogen) atoms. The van der Waals surface area contributed by atoms with Crippen LogP contribution in [0.3, 0.4) is 0 Å². The van der Waals surface area contributed by atoms with Gasteiger partial charge in [-0.25, -0.2) is 8.78 Å². The van der Waals surface area contributed by atoms with E-state index in [0.717, 1.165) is 0 Å². The molecule has 1 N–H and O–H groups in total. The predicted molar refractivity (Wildman–Crippen MR) is 70.7 cm³/mol. The van der Waals surface area contributed by atoms with Crippen molar-refractivity contribution < 1.29 is 13.6 Å². The lowest BCUT2D eigenvalue weighted by molar-refractivity contribution is -0.121. The molecule has 1 aromatic rings. The number of rotatable bonds is 5. The van der Waals surface area contributed by atoms with Crippen LogP contribution in [0.2, 0.25) is 0 Å². The number of alkyl halides is 1. The number of halogens is 3. The van der Waals surface area contributed by atoms with Gasteiger partial charge in [0.1, 0.15) is 11.6 Å². The van der Waals surface area contributed by atoms with Gasteiger partial charge in [0.25, 0.3) is 0 Å². The molecule has 1 amide bonds. The summed E-state index contributed by atoms with van der Waals surface area (Å²) in [7, 11) is 0. The highest BCUT2D eigenvalue weighted by Crippen LogP contribution is 2.14. The number of hydrogen-bond acceptors (Lipinski definition) is 1. The van der Waals surface area contributed by atoms with Crippen LogP contribution in [0.15, 0.2) is 18.2 Å². The first-order valence-corrected chi connectivity index (χ1v) is 6.74. The molecule has 0 aliphatic heterocycles. The van der Waals surface area contributed by atoms with Gasteiger partial charge in [-0.1, -0.05) is 28.9 Å². The molecule has 0 heterocycles. The van der Waals surface area contributed by atoms with Crippen molar-refractivity contribution in [3.8, 4) is 0 Å². The minimum atomic E-state index is -0.581. The maximum atomic E-state index is 13.4. The molecular formula is C13H16BrF2NO. The molecule has 2 unspecified atom stereocenters. The number of hydrogen-bond donors (Lipinski definition) is 1. The van der Waals surface area contributed by atoms with E-state index in [-0.39, 0.29) is 28.8 Å². The number of amides is 1. The number of nitrogens with one attached hydrogen (secondary N) is 1. The van der Waals surface area contributed by atoms with Crippen molar-refractivity contribution in [2.45, 2.75) is 37.6 Å². The summed E-state index contributed by atoms with van der Waals surface area (Å²) in [6, 6.07) is 3.43. The van der Waals surface area contributed by atoms with Gasteiger partial charge in [-0.15, -0.1) is 0 Å². The molecule has 0 aliphatic rings. The largest absolute Gasteiger partial charge is 0.352 e. The summed E-state index contributed by atoms with van der Waals surface area (Å²) in [6.45, 7) is 3.60. The summed E-state index contributed by atoms with van der Waals surface area (Å²) < 4.78 is 26.8. The average Bonchev–Trinajstić information content (AvgIpc) is 2.32. The zero-order valence-corrected chi connectivity index (χ0v) is 11.9. The molecule has 5 heteroatoms. The van der Waals surface area contributed by atoms with E-state index in [9.17, 15) is 13.6 Å². The zero-order chi connectivity index (χ0) is 13.7. The van der Waals surface area contributed by atoms with E-state index in [1.165, 1.54) is 18.2 Å². The fourth-order valence-electron chi connectivity index (χ4n) is 1.60. The van der Waals surface area contributed by atoms with Crippen LogP contribution in [0.4, 0.5) is 8.78 Å². The Bertz CT molecular complexity index is 405. The molecule has 0 spiro atoms. The molecule has 0 radical (unpaired) electrons. The second-order valence-electron chi connectivity index (χ2n) is 4.19. The molecule has 0 saturated carbocycles. The molecule has 0 fully saturated rings. The summed E-state index contributed by atoms with van der Waals surface area (Å²) in [6.07, 6.45) is 0.792. The van der Waals surface area contributed by atoms with Gasteiger partial charge in [0.15, 0.2) is 0 Å². The van der Waals surface area contributed by atoms with Crippen LogP contribution in [-0.4, -0.2) is 16.8 Å². The monoisotopic (exact) mass is 319 g/mol. The van der Waals surface area contributed by atoms with Crippen LogP contribution in [0, 0.1) is 11.6 Å². The third-order valence-electron chi connectivity index (χ3n) is 2.60. The Kier molecular flexibility index (Phi) is 5.72. The predicted octanol–water partition coefficient (Wildman–Crippen LogP) is 3.19. The van der Waals surface area contributed by atoms with E-state index >= 15 is 0 Å². The van der Waals surface area contributed by atoms with Gasteiger partial charge in [0.2, 0.25) is 5.91 Å². The summed E-state index contributed by atoms with van der Waals surface area (Å²) in [5.74, 6) is -1.33. The van der Waals surface area contributed by atoms with Crippen molar-refractivity contribution in [3.05, 3.63) is 35.4 Å². The fourth-order valence-corrected chi connectivity index (χ4v) is 1.74. The Balaban J connectivity index is 2.65. The van der Waals surface area contributed by atoms with Gasteiger partial charge in [-0.2, -0.15) is 0 Å². The van der Waals surface area contributed by atoms with Crippen molar-refractivity contribution in [1.29, 1.82) is 0 Å². The van der Waals surface area contributed by atoms with Gasteiger partial charge in [-0.3, -0.25) is 4.79 Å². The minimum absolute atomic E-state index is 0.00733. The average molecular weight is 320 g/mol. The second kappa shape index (κ2) is 6.83. The van der Waals surface area contributed by atoms with E-state index in [1.54, 1.807) is 6.92 Å². The highest BCUT2D eigenvalue weighted by molar-refractivity contribution is 9.10. The third kappa shape index (κ3) is 4.05. The summed E-state index contributed by atoms with van der Waals surface area (Å²) >= 11 is 3.22. The first-order valence-electron chi connectivity index (χ1n) is 5.83. The van der Waals surface area contributed by atoms with E-state index in [4.69, 9.17) is 0 Å². The molecule has 0 aromatic heterocycles. The van der Waals surface area contributed by atoms with Crippen LogP contribution in [0.25, 0.3) is 0 Å². The van der Waals surface area contributed by atoms with Crippen LogP contribution in [0.5, 0.6) is 0 Å². The lowest BCUT2D eigenvalue weighted by Crippen LogP contribution is -2.38. The standard InChI is InChI=1S/C13H16BrF2NO/c1-3-10(14)13(18)17-8(2)7-9-11(15)5-4-6-12(9)16/h4-6,8,10H,3,7H2,1-2H3,(H,17,18). The van der Waals surface area contributed by atoms with E-state index in [2.05, 4.69) is 21.2 Å². The van der Waals surface area contributed by atoms with Gasteiger partial charge >= 0.3 is 0 Å². The molecule has 0 saturated heterocycles. The van der Waals surface area contributed by atoms with Crippen LogP contribution in [-0.2, 0) is 11.2 Å². The Morgan fingerprint density at radius 3 is 2.44 bits per heavy atom. The number of carbonyl (C=O) groups is 1. The first kappa shape index (κ1) is 15.1. The Hall–Kier alpha value is -0.970. The molecule has 2 atom stereocenters. The lowest BCUT2D eigenvalue weighted by Gasteiger charge is -2.16. The molecule has 0 aliphatic carbocycles. The SMILES string of the molecule is CCC(Br)C(=O)NC(C)Cc1c(F)cccc1F. The van der Waals surface area contributed by atoms with E-state index < -0.39 is 11.6 Å². The van der Waals surface area contributed by atoms with Crippen molar-refractivity contribution in [3.63, 3.8) is 0 Å². The van der Waals surface area contributed by atoms with Crippen molar-refractivity contribution in [2.24, 2.45) is 0 Å². The number of benzene rings is 1. The highest BCUT2D eigenvalue weighted by Gasteiger charge is 2.17. The lowest BCUT2D eigenvalue weighted by atomic mass is 10.1. The van der Waals surface area contributed by atoms with Gasteiger partial charge in [-0.05, 0) is 31.9 Å². The fraction of sp³-hybridized carbons (Fsp3) is 0.462. The molecule has 2 nitrogen and oxygen atoms in total. The van der Waals surface area contributed by atoms with Gasteiger partial charge < -0.3 is 5.32 Å². The maximum Gasteiger partial charge on any atom is 0.233 e. The molecule has 1 aromatic carbocycles. The quantitative estimate of drug-likeness (QED) is 0.830. The molecule has 100 valence electrons. The molecule has 1 rings (SSSR count). The smallest absolute Gasteiger partial charge is 0.233 e. The van der Waals surface area contributed by atoms with E-state index in [0.29, 0.717) is 6.42 Å². The van der Waals surface area contributed by atoms with E-state index in [1.807, 2.05) is 6.92 Å². The minimum Gasteiger partial charge on any atom is -0.352 e. The Labute approximate surface area is 114 Å². The van der Waals surface area contributed by atoms with Crippen LogP contribution in [0.1, 0.15) is 25.8 Å². The normalized spacial score (nSPS) is 14.1. The molecule has 0 bridgehead atoms. The summed E-state index contributed by atoms with van der Waals surface area (Å²) in [5.41, 5.74) is 0.00733.